The number of carbonyl (C=O) groups is 1. The van der Waals surface area contributed by atoms with Gasteiger partial charge in [-0.1, -0.05) is 6.07 Å². The highest BCUT2D eigenvalue weighted by Crippen LogP contribution is 2.37. The van der Waals surface area contributed by atoms with Crippen LogP contribution in [0.15, 0.2) is 18.2 Å². The smallest absolute Gasteiger partial charge is 0.227 e. The second-order valence-electron chi connectivity index (χ2n) is 5.40. The molecule has 1 aromatic rings. The Morgan fingerprint density at radius 1 is 1.33 bits per heavy atom. The summed E-state index contributed by atoms with van der Waals surface area (Å²) in [5.41, 5.74) is 0.707. The van der Waals surface area contributed by atoms with Crippen LogP contribution in [0, 0.1) is 5.92 Å². The molecule has 6 heteroatoms. The molecule has 0 unspecified atom stereocenters. The van der Waals surface area contributed by atoms with E-state index in [2.05, 4.69) is 17.6 Å². The van der Waals surface area contributed by atoms with Gasteiger partial charge in [-0.25, -0.2) is 0 Å². The van der Waals surface area contributed by atoms with Gasteiger partial charge in [-0.15, -0.1) is 12.4 Å². The molecule has 0 saturated carbocycles. The van der Waals surface area contributed by atoms with Crippen molar-refractivity contribution in [1.29, 1.82) is 0 Å². The third-order valence-corrected chi connectivity index (χ3v) is 3.82. The normalized spacial score (nSPS) is 23.9. The van der Waals surface area contributed by atoms with Gasteiger partial charge in [0.1, 0.15) is 13.2 Å². The van der Waals surface area contributed by atoms with Gasteiger partial charge < -0.3 is 20.1 Å². The number of carbonyl (C=O) groups excluding carboxylic acids is 1. The molecule has 2 atom stereocenters. The van der Waals surface area contributed by atoms with Crippen LogP contribution in [0.3, 0.4) is 0 Å². The molecular weight excluding hydrogens is 292 g/mol. The second-order valence-corrected chi connectivity index (χ2v) is 5.40. The molecule has 0 radical (unpaired) electrons. The first-order valence-corrected chi connectivity index (χ1v) is 7.17. The number of anilines is 1. The van der Waals surface area contributed by atoms with Gasteiger partial charge in [0.2, 0.25) is 5.91 Å². The number of piperidine rings is 1. The van der Waals surface area contributed by atoms with Crippen LogP contribution in [-0.4, -0.2) is 31.7 Å². The van der Waals surface area contributed by atoms with E-state index >= 15 is 0 Å². The molecule has 2 heterocycles. The molecule has 2 N–H and O–H groups in total. The highest BCUT2D eigenvalue weighted by molar-refractivity contribution is 5.94. The van der Waals surface area contributed by atoms with Gasteiger partial charge in [0.05, 0.1) is 5.69 Å². The highest BCUT2D eigenvalue weighted by Gasteiger charge is 2.26. The van der Waals surface area contributed by atoms with Crippen molar-refractivity contribution in [1.82, 2.24) is 5.32 Å². The Hall–Kier alpha value is -1.46. The molecule has 1 saturated heterocycles. The molecule has 1 aromatic carbocycles. The predicted octanol–water partition coefficient (Wildman–Crippen LogP) is 2.21. The van der Waals surface area contributed by atoms with Crippen LogP contribution in [0.4, 0.5) is 5.69 Å². The van der Waals surface area contributed by atoms with Crippen molar-refractivity contribution in [2.24, 2.45) is 5.92 Å². The van der Waals surface area contributed by atoms with E-state index in [-0.39, 0.29) is 24.2 Å². The van der Waals surface area contributed by atoms with Crippen molar-refractivity contribution in [2.75, 3.05) is 25.1 Å². The standard InChI is InChI=1S/C15H20N2O3.ClH/c1-10-9-11(5-6-16-10)15(18)17-12-3-2-4-13-14(12)20-8-7-19-13;/h2-4,10-11,16H,5-9H2,1H3,(H,17,18);1H/t10-,11-;/m0./s1. The lowest BCUT2D eigenvalue weighted by Gasteiger charge is -2.28. The van der Waals surface area contributed by atoms with Gasteiger partial charge in [-0.05, 0) is 38.4 Å². The lowest BCUT2D eigenvalue weighted by molar-refractivity contribution is -0.120. The van der Waals surface area contributed by atoms with Crippen LogP contribution in [0.1, 0.15) is 19.8 Å². The van der Waals surface area contributed by atoms with E-state index in [0.717, 1.165) is 19.4 Å². The third-order valence-electron chi connectivity index (χ3n) is 3.82. The number of amides is 1. The average molecular weight is 313 g/mol. The molecule has 2 aliphatic heterocycles. The molecule has 1 fully saturated rings. The summed E-state index contributed by atoms with van der Waals surface area (Å²) in [6, 6.07) is 5.98. The topological polar surface area (TPSA) is 59.6 Å². The van der Waals surface area contributed by atoms with Crippen molar-refractivity contribution >= 4 is 24.0 Å². The molecular formula is C15H21ClN2O3. The first kappa shape index (κ1) is 15.9. The maximum absolute atomic E-state index is 12.4. The van der Waals surface area contributed by atoms with E-state index < -0.39 is 0 Å². The molecule has 0 bridgehead atoms. The number of hydrogen-bond acceptors (Lipinski definition) is 4. The van der Waals surface area contributed by atoms with Gasteiger partial charge in [-0.3, -0.25) is 4.79 Å². The Kier molecular flexibility index (Phi) is 5.31. The Morgan fingerprint density at radius 2 is 2.14 bits per heavy atom. The fraction of sp³-hybridized carbons (Fsp3) is 0.533. The minimum atomic E-state index is 0. The quantitative estimate of drug-likeness (QED) is 0.879. The fourth-order valence-corrected chi connectivity index (χ4v) is 2.78. The van der Waals surface area contributed by atoms with Crippen molar-refractivity contribution in [3.63, 3.8) is 0 Å². The van der Waals surface area contributed by atoms with Crippen LogP contribution in [0.2, 0.25) is 0 Å². The van der Waals surface area contributed by atoms with Crippen molar-refractivity contribution < 1.29 is 14.3 Å². The number of rotatable bonds is 2. The Balaban J connectivity index is 0.00000161. The van der Waals surface area contributed by atoms with E-state index in [0.29, 0.717) is 36.4 Å². The van der Waals surface area contributed by atoms with Gasteiger partial charge in [0.15, 0.2) is 11.5 Å². The van der Waals surface area contributed by atoms with Crippen molar-refractivity contribution in [3.05, 3.63) is 18.2 Å². The number of ether oxygens (including phenoxy) is 2. The summed E-state index contributed by atoms with van der Waals surface area (Å²) in [5.74, 6) is 1.48. The lowest BCUT2D eigenvalue weighted by atomic mass is 9.92. The van der Waals surface area contributed by atoms with Crippen LogP contribution >= 0.6 is 12.4 Å². The summed E-state index contributed by atoms with van der Waals surface area (Å²) in [7, 11) is 0. The number of nitrogens with one attached hydrogen (secondary N) is 2. The predicted molar refractivity (Wildman–Crippen MR) is 83.5 cm³/mol. The number of para-hydroxylation sites is 1. The zero-order valence-electron chi connectivity index (χ0n) is 12.1. The lowest BCUT2D eigenvalue weighted by Crippen LogP contribution is -2.40. The minimum absolute atomic E-state index is 0. The number of fused-ring (bicyclic) bond motifs is 1. The molecule has 2 aliphatic rings. The highest BCUT2D eigenvalue weighted by atomic mass is 35.5. The number of hydrogen-bond donors (Lipinski definition) is 2. The first-order valence-electron chi connectivity index (χ1n) is 7.17. The van der Waals surface area contributed by atoms with Crippen molar-refractivity contribution in [3.8, 4) is 11.5 Å². The van der Waals surface area contributed by atoms with Gasteiger partial charge >= 0.3 is 0 Å². The largest absolute Gasteiger partial charge is 0.486 e. The monoisotopic (exact) mass is 312 g/mol. The van der Waals surface area contributed by atoms with E-state index in [1.54, 1.807) is 0 Å². The van der Waals surface area contributed by atoms with Crippen molar-refractivity contribution in [2.45, 2.75) is 25.8 Å². The SMILES string of the molecule is C[C@H]1C[C@@H](C(=O)Nc2cccc3c2OCCO3)CCN1.Cl. The number of benzene rings is 1. The summed E-state index contributed by atoms with van der Waals surface area (Å²) in [6.45, 7) is 4.08. The first-order chi connectivity index (χ1) is 9.74. The van der Waals surface area contributed by atoms with E-state index in [4.69, 9.17) is 9.47 Å². The van der Waals surface area contributed by atoms with Crippen LogP contribution in [-0.2, 0) is 4.79 Å². The average Bonchev–Trinajstić information content (AvgIpc) is 2.47. The van der Waals surface area contributed by atoms with Crippen LogP contribution in [0.25, 0.3) is 0 Å². The number of halogens is 1. The Morgan fingerprint density at radius 3 is 2.95 bits per heavy atom. The maximum Gasteiger partial charge on any atom is 0.227 e. The summed E-state index contributed by atoms with van der Waals surface area (Å²) < 4.78 is 11.1. The molecule has 116 valence electrons. The molecule has 0 aliphatic carbocycles. The summed E-state index contributed by atoms with van der Waals surface area (Å²) in [5, 5.41) is 6.34. The maximum atomic E-state index is 12.4. The molecule has 1 amide bonds. The second kappa shape index (κ2) is 7.00. The zero-order valence-corrected chi connectivity index (χ0v) is 12.9. The van der Waals surface area contributed by atoms with E-state index in [9.17, 15) is 4.79 Å². The summed E-state index contributed by atoms with van der Waals surface area (Å²) in [4.78, 5) is 12.4. The van der Waals surface area contributed by atoms with E-state index in [1.165, 1.54) is 0 Å². The fourth-order valence-electron chi connectivity index (χ4n) is 2.78. The van der Waals surface area contributed by atoms with Crippen LogP contribution < -0.4 is 20.1 Å². The zero-order chi connectivity index (χ0) is 13.9. The molecule has 0 aromatic heterocycles. The molecule has 0 spiro atoms. The Labute approximate surface area is 130 Å². The summed E-state index contributed by atoms with van der Waals surface area (Å²) >= 11 is 0. The third kappa shape index (κ3) is 3.60. The van der Waals surface area contributed by atoms with E-state index in [1.807, 2.05) is 18.2 Å². The summed E-state index contributed by atoms with van der Waals surface area (Å²) in [6.07, 6.45) is 1.75. The molecule has 21 heavy (non-hydrogen) atoms. The molecule has 5 nitrogen and oxygen atoms in total. The minimum Gasteiger partial charge on any atom is -0.486 e. The van der Waals surface area contributed by atoms with Crippen LogP contribution in [0.5, 0.6) is 11.5 Å². The molecule has 3 rings (SSSR count). The van der Waals surface area contributed by atoms with Gasteiger partial charge in [0.25, 0.3) is 0 Å². The van der Waals surface area contributed by atoms with Gasteiger partial charge in [0, 0.05) is 12.0 Å². The van der Waals surface area contributed by atoms with Gasteiger partial charge in [-0.2, -0.15) is 0 Å². The Bertz CT molecular complexity index is 510.